The summed E-state index contributed by atoms with van der Waals surface area (Å²) in [5.74, 6) is 0. The third kappa shape index (κ3) is 2.46. The van der Waals surface area contributed by atoms with Gasteiger partial charge in [-0.15, -0.1) is 0 Å². The molecule has 82 valence electrons. The zero-order chi connectivity index (χ0) is 11.7. The third-order valence-electron chi connectivity index (χ3n) is 2.03. The quantitative estimate of drug-likeness (QED) is 0.719. The molecule has 0 atom stereocenters. The second-order valence-electron chi connectivity index (χ2n) is 3.29. The van der Waals surface area contributed by atoms with Crippen LogP contribution in [-0.2, 0) is 0 Å². The zero-order valence-corrected chi connectivity index (χ0v) is 10.6. The summed E-state index contributed by atoms with van der Waals surface area (Å²) in [7, 11) is 0. The maximum absolute atomic E-state index is 6.07. The van der Waals surface area contributed by atoms with Crippen molar-refractivity contribution < 1.29 is 0 Å². The summed E-state index contributed by atoms with van der Waals surface area (Å²) in [6.07, 6.45) is 0. The van der Waals surface area contributed by atoms with E-state index in [0.717, 1.165) is 11.3 Å². The molecule has 1 aromatic heterocycles. The van der Waals surface area contributed by atoms with Gasteiger partial charge in [-0.3, -0.25) is 0 Å². The van der Waals surface area contributed by atoms with Crippen LogP contribution in [0.2, 0.25) is 15.3 Å². The summed E-state index contributed by atoms with van der Waals surface area (Å²) in [6.45, 7) is 1.84. The van der Waals surface area contributed by atoms with Gasteiger partial charge in [0, 0.05) is 16.3 Å². The lowest BCUT2D eigenvalue weighted by Crippen LogP contribution is -1.91. The molecule has 0 N–H and O–H groups in total. The number of aromatic nitrogens is 2. The summed E-state index contributed by atoms with van der Waals surface area (Å²) in [6, 6.07) is 7.01. The van der Waals surface area contributed by atoms with E-state index in [-0.39, 0.29) is 5.28 Å². The molecule has 1 aromatic carbocycles. The molecule has 0 unspecified atom stereocenters. The highest BCUT2D eigenvalue weighted by atomic mass is 35.5. The van der Waals surface area contributed by atoms with Gasteiger partial charge < -0.3 is 0 Å². The summed E-state index contributed by atoms with van der Waals surface area (Å²) in [5, 5.41) is 1.39. The number of benzene rings is 1. The van der Waals surface area contributed by atoms with Crippen molar-refractivity contribution in [2.45, 2.75) is 6.92 Å². The second kappa shape index (κ2) is 4.58. The van der Waals surface area contributed by atoms with Crippen LogP contribution in [0.5, 0.6) is 0 Å². The first-order chi connectivity index (χ1) is 7.56. The van der Waals surface area contributed by atoms with Crippen LogP contribution in [-0.4, -0.2) is 9.97 Å². The van der Waals surface area contributed by atoms with Crippen LogP contribution in [0, 0.1) is 6.92 Å². The Kier molecular flexibility index (Phi) is 3.33. The summed E-state index contributed by atoms with van der Waals surface area (Å²) >= 11 is 17.8. The van der Waals surface area contributed by atoms with E-state index < -0.39 is 0 Å². The van der Waals surface area contributed by atoms with Crippen LogP contribution in [0.3, 0.4) is 0 Å². The molecule has 2 aromatic rings. The van der Waals surface area contributed by atoms with Gasteiger partial charge in [0.05, 0.1) is 10.7 Å². The molecule has 2 nitrogen and oxygen atoms in total. The molecule has 0 fully saturated rings. The lowest BCUT2D eigenvalue weighted by atomic mass is 10.1. The molecule has 1 heterocycles. The molecule has 0 saturated carbocycles. The number of halogens is 3. The van der Waals surface area contributed by atoms with Crippen molar-refractivity contribution in [3.8, 4) is 11.3 Å². The van der Waals surface area contributed by atoms with Gasteiger partial charge >= 0.3 is 0 Å². The number of hydrogen-bond acceptors (Lipinski definition) is 2. The van der Waals surface area contributed by atoms with Gasteiger partial charge in [0.25, 0.3) is 0 Å². The fourth-order valence-corrected chi connectivity index (χ4v) is 1.97. The standard InChI is InChI=1S/C11H7Cl3N2/c1-6-4-10(16-11(14)15-6)8-5-7(12)2-3-9(8)13/h2-5H,1H3. The summed E-state index contributed by atoms with van der Waals surface area (Å²) in [5.41, 5.74) is 2.21. The molecule has 2 rings (SSSR count). The van der Waals surface area contributed by atoms with E-state index in [4.69, 9.17) is 34.8 Å². The van der Waals surface area contributed by atoms with Crippen molar-refractivity contribution in [3.05, 3.63) is 45.3 Å². The normalized spacial score (nSPS) is 10.5. The maximum Gasteiger partial charge on any atom is 0.223 e. The van der Waals surface area contributed by atoms with Gasteiger partial charge in [0.2, 0.25) is 5.28 Å². The fourth-order valence-electron chi connectivity index (χ4n) is 1.36. The van der Waals surface area contributed by atoms with Crippen molar-refractivity contribution in [1.29, 1.82) is 0 Å². The van der Waals surface area contributed by atoms with E-state index in [9.17, 15) is 0 Å². The lowest BCUT2D eigenvalue weighted by molar-refractivity contribution is 1.11. The minimum absolute atomic E-state index is 0.200. The van der Waals surface area contributed by atoms with Crippen LogP contribution >= 0.6 is 34.8 Å². The minimum Gasteiger partial charge on any atom is -0.223 e. The van der Waals surface area contributed by atoms with Gasteiger partial charge in [-0.05, 0) is 42.8 Å². The predicted molar refractivity (Wildman–Crippen MR) is 67.2 cm³/mol. The molecule has 16 heavy (non-hydrogen) atoms. The Labute approximate surface area is 108 Å². The Bertz CT molecular complexity index is 520. The SMILES string of the molecule is Cc1cc(-c2cc(Cl)ccc2Cl)nc(Cl)n1. The van der Waals surface area contributed by atoms with Crippen LogP contribution in [0.1, 0.15) is 5.69 Å². The van der Waals surface area contributed by atoms with E-state index in [1.165, 1.54) is 0 Å². The molecule has 0 aliphatic rings. The molecular weight excluding hydrogens is 266 g/mol. The number of aryl methyl sites for hydroxylation is 1. The smallest absolute Gasteiger partial charge is 0.223 e. The number of rotatable bonds is 1. The fraction of sp³-hybridized carbons (Fsp3) is 0.0909. The van der Waals surface area contributed by atoms with E-state index in [0.29, 0.717) is 15.7 Å². The minimum atomic E-state index is 0.200. The van der Waals surface area contributed by atoms with E-state index >= 15 is 0 Å². The average molecular weight is 274 g/mol. The van der Waals surface area contributed by atoms with Crippen LogP contribution in [0.25, 0.3) is 11.3 Å². The first kappa shape index (κ1) is 11.6. The van der Waals surface area contributed by atoms with Crippen molar-refractivity contribution in [1.82, 2.24) is 9.97 Å². The van der Waals surface area contributed by atoms with Gasteiger partial charge in [-0.2, -0.15) is 0 Å². The Morgan fingerprint density at radius 2 is 1.75 bits per heavy atom. The van der Waals surface area contributed by atoms with E-state index in [2.05, 4.69) is 9.97 Å². The molecule has 0 aliphatic carbocycles. The second-order valence-corrected chi connectivity index (χ2v) is 4.47. The molecular formula is C11H7Cl3N2. The molecule has 0 amide bonds. The van der Waals surface area contributed by atoms with Gasteiger partial charge in [-0.25, -0.2) is 9.97 Å². The monoisotopic (exact) mass is 272 g/mol. The number of hydrogen-bond donors (Lipinski definition) is 0. The molecule has 0 spiro atoms. The van der Waals surface area contributed by atoms with Crippen molar-refractivity contribution in [2.24, 2.45) is 0 Å². The first-order valence-corrected chi connectivity index (χ1v) is 5.66. The van der Waals surface area contributed by atoms with Crippen LogP contribution in [0.15, 0.2) is 24.3 Å². The Balaban J connectivity index is 2.62. The third-order valence-corrected chi connectivity index (χ3v) is 2.77. The largest absolute Gasteiger partial charge is 0.223 e. The van der Waals surface area contributed by atoms with E-state index in [1.807, 2.05) is 13.0 Å². The highest BCUT2D eigenvalue weighted by molar-refractivity contribution is 6.35. The van der Waals surface area contributed by atoms with Crippen LogP contribution < -0.4 is 0 Å². The molecule has 5 heteroatoms. The van der Waals surface area contributed by atoms with Crippen LogP contribution in [0.4, 0.5) is 0 Å². The van der Waals surface area contributed by atoms with Crippen molar-refractivity contribution in [3.63, 3.8) is 0 Å². The topological polar surface area (TPSA) is 25.8 Å². The zero-order valence-electron chi connectivity index (χ0n) is 8.34. The van der Waals surface area contributed by atoms with Gasteiger partial charge in [-0.1, -0.05) is 23.2 Å². The van der Waals surface area contributed by atoms with E-state index in [1.54, 1.807) is 18.2 Å². The lowest BCUT2D eigenvalue weighted by Gasteiger charge is -2.05. The van der Waals surface area contributed by atoms with Gasteiger partial charge in [0.1, 0.15) is 0 Å². The molecule has 0 bridgehead atoms. The predicted octanol–water partition coefficient (Wildman–Crippen LogP) is 4.41. The molecule has 0 saturated heterocycles. The highest BCUT2D eigenvalue weighted by Crippen LogP contribution is 2.29. The van der Waals surface area contributed by atoms with Crippen molar-refractivity contribution in [2.75, 3.05) is 0 Å². The van der Waals surface area contributed by atoms with Gasteiger partial charge in [0.15, 0.2) is 0 Å². The average Bonchev–Trinajstić information content (AvgIpc) is 2.20. The Morgan fingerprint density at radius 3 is 2.44 bits per heavy atom. The summed E-state index contributed by atoms with van der Waals surface area (Å²) in [4.78, 5) is 8.11. The Hall–Kier alpha value is -0.830. The Morgan fingerprint density at radius 1 is 1.00 bits per heavy atom. The maximum atomic E-state index is 6.07. The first-order valence-electron chi connectivity index (χ1n) is 4.53. The molecule has 0 radical (unpaired) electrons. The highest BCUT2D eigenvalue weighted by Gasteiger charge is 2.08. The van der Waals surface area contributed by atoms with Crippen molar-refractivity contribution >= 4 is 34.8 Å². The molecule has 0 aliphatic heterocycles. The number of nitrogens with zero attached hydrogens (tertiary/aromatic N) is 2. The summed E-state index contributed by atoms with van der Waals surface area (Å²) < 4.78 is 0.